The molecule has 25 heavy (non-hydrogen) atoms. The van der Waals surface area contributed by atoms with Gasteiger partial charge in [0.15, 0.2) is 5.96 Å². The molecule has 0 aliphatic rings. The molecular weight excluding hydrogens is 431 g/mol. The van der Waals surface area contributed by atoms with Crippen molar-refractivity contribution in [2.45, 2.75) is 39.2 Å². The van der Waals surface area contributed by atoms with Crippen LogP contribution in [0, 0.1) is 0 Å². The van der Waals surface area contributed by atoms with Crippen molar-refractivity contribution in [2.75, 3.05) is 26.2 Å². The molecule has 1 unspecified atom stereocenters. The van der Waals surface area contributed by atoms with E-state index < -0.39 is 0 Å². The summed E-state index contributed by atoms with van der Waals surface area (Å²) in [6.45, 7) is 7.64. The summed E-state index contributed by atoms with van der Waals surface area (Å²) in [6, 6.07) is 10.0. The van der Waals surface area contributed by atoms with Crippen LogP contribution >= 0.6 is 24.0 Å². The van der Waals surface area contributed by atoms with Crippen LogP contribution in [0.25, 0.3) is 0 Å². The number of aliphatic hydroxyl groups is 1. The van der Waals surface area contributed by atoms with Gasteiger partial charge in [-0.05, 0) is 26.3 Å². The SMILES string of the molecule is CCNC(=NCC(CO)c1ccccc1)NCCC(=O)NC(C)C.I. The summed E-state index contributed by atoms with van der Waals surface area (Å²) in [5, 5.41) is 18.8. The first kappa shape index (κ1) is 23.6. The van der Waals surface area contributed by atoms with E-state index in [1.54, 1.807) is 0 Å². The number of nitrogens with zero attached hydrogens (tertiary/aromatic N) is 1. The Morgan fingerprint density at radius 1 is 1.20 bits per heavy atom. The average Bonchev–Trinajstić information content (AvgIpc) is 2.55. The first-order valence-electron chi connectivity index (χ1n) is 8.54. The molecule has 0 spiro atoms. The second-order valence-electron chi connectivity index (χ2n) is 5.91. The first-order chi connectivity index (χ1) is 11.6. The minimum atomic E-state index is -0.0362. The minimum Gasteiger partial charge on any atom is -0.396 e. The first-order valence-corrected chi connectivity index (χ1v) is 8.54. The number of halogens is 1. The minimum absolute atomic E-state index is 0. The zero-order chi connectivity index (χ0) is 17.8. The Morgan fingerprint density at radius 2 is 1.88 bits per heavy atom. The highest BCUT2D eigenvalue weighted by atomic mass is 127. The molecule has 142 valence electrons. The number of rotatable bonds is 9. The molecule has 0 aliphatic heterocycles. The largest absolute Gasteiger partial charge is 0.396 e. The normalized spacial score (nSPS) is 12.3. The summed E-state index contributed by atoms with van der Waals surface area (Å²) >= 11 is 0. The second kappa shape index (κ2) is 13.9. The Labute approximate surface area is 167 Å². The Kier molecular flexibility index (Phi) is 13.1. The van der Waals surface area contributed by atoms with Crippen LogP contribution in [0.15, 0.2) is 35.3 Å². The number of carbonyl (C=O) groups excluding carboxylic acids is 1. The van der Waals surface area contributed by atoms with Gasteiger partial charge in [0.25, 0.3) is 0 Å². The lowest BCUT2D eigenvalue weighted by Gasteiger charge is -2.15. The van der Waals surface area contributed by atoms with Crippen molar-refractivity contribution in [3.8, 4) is 0 Å². The fraction of sp³-hybridized carbons (Fsp3) is 0.556. The fourth-order valence-corrected chi connectivity index (χ4v) is 2.23. The number of aliphatic imine (C=N–C) groups is 1. The lowest BCUT2D eigenvalue weighted by Crippen LogP contribution is -2.40. The number of benzene rings is 1. The van der Waals surface area contributed by atoms with Gasteiger partial charge in [-0.25, -0.2) is 0 Å². The number of aliphatic hydroxyl groups excluding tert-OH is 1. The van der Waals surface area contributed by atoms with Gasteiger partial charge in [-0.2, -0.15) is 0 Å². The molecule has 4 N–H and O–H groups in total. The molecule has 1 amide bonds. The van der Waals surface area contributed by atoms with E-state index in [9.17, 15) is 9.90 Å². The topological polar surface area (TPSA) is 85.8 Å². The van der Waals surface area contributed by atoms with Crippen molar-refractivity contribution >= 4 is 35.8 Å². The van der Waals surface area contributed by atoms with Crippen LogP contribution in [-0.4, -0.2) is 49.3 Å². The summed E-state index contributed by atoms with van der Waals surface area (Å²) < 4.78 is 0. The Balaban J connectivity index is 0.00000576. The maximum atomic E-state index is 11.6. The van der Waals surface area contributed by atoms with E-state index in [1.165, 1.54) is 0 Å². The van der Waals surface area contributed by atoms with E-state index in [2.05, 4.69) is 20.9 Å². The van der Waals surface area contributed by atoms with Crippen LogP contribution in [-0.2, 0) is 4.79 Å². The summed E-state index contributed by atoms with van der Waals surface area (Å²) in [4.78, 5) is 16.2. The molecule has 1 aromatic carbocycles. The average molecular weight is 462 g/mol. The molecule has 0 aromatic heterocycles. The third-order valence-electron chi connectivity index (χ3n) is 3.40. The van der Waals surface area contributed by atoms with Crippen LogP contribution in [0.1, 0.15) is 38.7 Å². The molecule has 0 fully saturated rings. The molecule has 0 radical (unpaired) electrons. The fourth-order valence-electron chi connectivity index (χ4n) is 2.23. The molecule has 0 bridgehead atoms. The van der Waals surface area contributed by atoms with Crippen LogP contribution < -0.4 is 16.0 Å². The molecule has 1 rings (SSSR count). The summed E-state index contributed by atoms with van der Waals surface area (Å²) in [6.07, 6.45) is 0.394. The quantitative estimate of drug-likeness (QED) is 0.257. The van der Waals surface area contributed by atoms with Crippen molar-refractivity contribution in [1.29, 1.82) is 0 Å². The van der Waals surface area contributed by atoms with Gasteiger partial charge in [0, 0.05) is 31.5 Å². The summed E-state index contributed by atoms with van der Waals surface area (Å²) in [5.74, 6) is 0.640. The number of guanidine groups is 1. The monoisotopic (exact) mass is 462 g/mol. The molecule has 7 heteroatoms. The van der Waals surface area contributed by atoms with Crippen LogP contribution in [0.5, 0.6) is 0 Å². The zero-order valence-corrected chi connectivity index (χ0v) is 17.6. The number of hydrogen-bond donors (Lipinski definition) is 4. The highest BCUT2D eigenvalue weighted by molar-refractivity contribution is 14.0. The molecule has 6 nitrogen and oxygen atoms in total. The molecule has 0 aliphatic carbocycles. The number of nitrogens with one attached hydrogen (secondary N) is 3. The van der Waals surface area contributed by atoms with Gasteiger partial charge in [0.2, 0.25) is 5.91 Å². The Hall–Kier alpha value is -1.35. The maximum absolute atomic E-state index is 11.6. The molecule has 1 atom stereocenters. The third kappa shape index (κ3) is 10.3. The van der Waals surface area contributed by atoms with E-state index >= 15 is 0 Å². The van der Waals surface area contributed by atoms with Crippen molar-refractivity contribution in [3.05, 3.63) is 35.9 Å². The predicted octanol–water partition coefficient (Wildman–Crippen LogP) is 1.85. The van der Waals surface area contributed by atoms with Gasteiger partial charge in [-0.15, -0.1) is 24.0 Å². The van der Waals surface area contributed by atoms with Crippen molar-refractivity contribution in [1.82, 2.24) is 16.0 Å². The molecule has 0 heterocycles. The zero-order valence-electron chi connectivity index (χ0n) is 15.3. The molecule has 0 saturated heterocycles. The predicted molar refractivity (Wildman–Crippen MR) is 114 cm³/mol. The molecule has 0 saturated carbocycles. The van der Waals surface area contributed by atoms with E-state index in [0.29, 0.717) is 25.5 Å². The van der Waals surface area contributed by atoms with Gasteiger partial charge in [-0.3, -0.25) is 9.79 Å². The van der Waals surface area contributed by atoms with Gasteiger partial charge in [-0.1, -0.05) is 30.3 Å². The van der Waals surface area contributed by atoms with Crippen molar-refractivity contribution < 1.29 is 9.90 Å². The number of carbonyl (C=O) groups is 1. The smallest absolute Gasteiger partial charge is 0.221 e. The lowest BCUT2D eigenvalue weighted by atomic mass is 10.0. The van der Waals surface area contributed by atoms with Gasteiger partial charge in [0.05, 0.1) is 13.2 Å². The molecular formula is C18H31IN4O2. The highest BCUT2D eigenvalue weighted by Crippen LogP contribution is 2.14. The van der Waals surface area contributed by atoms with Gasteiger partial charge >= 0.3 is 0 Å². The van der Waals surface area contributed by atoms with Crippen molar-refractivity contribution in [2.24, 2.45) is 4.99 Å². The van der Waals surface area contributed by atoms with Crippen LogP contribution in [0.3, 0.4) is 0 Å². The third-order valence-corrected chi connectivity index (χ3v) is 3.40. The summed E-state index contributed by atoms with van der Waals surface area (Å²) in [7, 11) is 0. The lowest BCUT2D eigenvalue weighted by molar-refractivity contribution is -0.121. The Morgan fingerprint density at radius 3 is 2.44 bits per heavy atom. The van der Waals surface area contributed by atoms with E-state index in [4.69, 9.17) is 0 Å². The standard InChI is InChI=1S/C18H30N4O2.HI/c1-4-19-18(20-11-10-17(24)22-14(2)3)21-12-16(13-23)15-8-6-5-7-9-15;/h5-9,14,16,23H,4,10-13H2,1-3H3,(H,22,24)(H2,19,20,21);1H. The van der Waals surface area contributed by atoms with E-state index in [0.717, 1.165) is 12.1 Å². The van der Waals surface area contributed by atoms with Crippen molar-refractivity contribution in [3.63, 3.8) is 0 Å². The van der Waals surface area contributed by atoms with Gasteiger partial charge < -0.3 is 21.1 Å². The molecule has 1 aromatic rings. The van der Waals surface area contributed by atoms with Gasteiger partial charge in [0.1, 0.15) is 0 Å². The van der Waals surface area contributed by atoms with E-state index in [1.807, 2.05) is 51.1 Å². The summed E-state index contributed by atoms with van der Waals surface area (Å²) in [5.41, 5.74) is 1.07. The maximum Gasteiger partial charge on any atom is 0.221 e. The van der Waals surface area contributed by atoms with Crippen LogP contribution in [0.2, 0.25) is 0 Å². The highest BCUT2D eigenvalue weighted by Gasteiger charge is 2.10. The van der Waals surface area contributed by atoms with Crippen LogP contribution in [0.4, 0.5) is 0 Å². The number of amides is 1. The van der Waals surface area contributed by atoms with E-state index in [-0.39, 0.29) is 48.5 Å². The Bertz CT molecular complexity index is 509. The second-order valence-corrected chi connectivity index (χ2v) is 5.91. The number of hydrogen-bond acceptors (Lipinski definition) is 3.